The van der Waals surface area contributed by atoms with Gasteiger partial charge >= 0.3 is 0 Å². The van der Waals surface area contributed by atoms with Crippen molar-refractivity contribution in [1.29, 1.82) is 0 Å². The van der Waals surface area contributed by atoms with E-state index in [1.165, 1.54) is 11.1 Å². The molecule has 1 aromatic heterocycles. The summed E-state index contributed by atoms with van der Waals surface area (Å²) in [6, 6.07) is 17.7. The number of hydrogen-bond donors (Lipinski definition) is 1. The first-order chi connectivity index (χ1) is 12.6. The van der Waals surface area contributed by atoms with Crippen LogP contribution in [0.15, 0.2) is 54.6 Å². The van der Waals surface area contributed by atoms with Crippen LogP contribution in [0, 0.1) is 13.8 Å². The Balaban J connectivity index is 1.51. The SMILES string of the molecule is Cc1ccc(NC(=O)c2ccc(N3CCc4ccccc43)nn2)cc1C. The summed E-state index contributed by atoms with van der Waals surface area (Å²) in [5.41, 5.74) is 5.87. The van der Waals surface area contributed by atoms with Crippen molar-refractivity contribution >= 4 is 23.1 Å². The molecule has 0 fully saturated rings. The monoisotopic (exact) mass is 344 g/mol. The lowest BCUT2D eigenvalue weighted by Gasteiger charge is -2.17. The van der Waals surface area contributed by atoms with Crippen LogP contribution in [0.2, 0.25) is 0 Å². The zero-order valence-corrected chi connectivity index (χ0v) is 14.9. The van der Waals surface area contributed by atoms with E-state index < -0.39 is 0 Å². The second kappa shape index (κ2) is 6.59. The van der Waals surface area contributed by atoms with Gasteiger partial charge in [0.1, 0.15) is 0 Å². The maximum absolute atomic E-state index is 12.4. The molecule has 0 unspecified atom stereocenters. The number of carbonyl (C=O) groups excluding carboxylic acids is 1. The second-order valence-corrected chi connectivity index (χ2v) is 6.56. The maximum Gasteiger partial charge on any atom is 0.276 e. The van der Waals surface area contributed by atoms with E-state index in [4.69, 9.17) is 0 Å². The molecule has 0 bridgehead atoms. The minimum Gasteiger partial charge on any atom is -0.324 e. The topological polar surface area (TPSA) is 58.1 Å². The number of carbonyl (C=O) groups is 1. The van der Waals surface area contributed by atoms with Gasteiger partial charge in [-0.2, -0.15) is 0 Å². The molecule has 5 nitrogen and oxygen atoms in total. The highest BCUT2D eigenvalue weighted by Gasteiger charge is 2.21. The van der Waals surface area contributed by atoms with Crippen LogP contribution >= 0.6 is 0 Å². The van der Waals surface area contributed by atoms with Crippen molar-refractivity contribution in [3.05, 3.63) is 77.0 Å². The molecule has 26 heavy (non-hydrogen) atoms. The summed E-state index contributed by atoms with van der Waals surface area (Å²) in [5, 5.41) is 11.3. The van der Waals surface area contributed by atoms with Gasteiger partial charge in [0.15, 0.2) is 11.5 Å². The van der Waals surface area contributed by atoms with Crippen LogP contribution in [0.25, 0.3) is 0 Å². The summed E-state index contributed by atoms with van der Waals surface area (Å²) in [6.07, 6.45) is 0.993. The minimum absolute atomic E-state index is 0.255. The molecule has 1 aliphatic rings. The lowest BCUT2D eigenvalue weighted by Crippen LogP contribution is -2.18. The molecule has 0 aliphatic carbocycles. The molecular weight excluding hydrogens is 324 g/mol. The zero-order valence-electron chi connectivity index (χ0n) is 14.9. The van der Waals surface area contributed by atoms with Crippen molar-refractivity contribution in [1.82, 2.24) is 10.2 Å². The number of aryl methyl sites for hydroxylation is 2. The Morgan fingerprint density at radius 1 is 1.00 bits per heavy atom. The Bertz CT molecular complexity index is 966. The predicted octanol–water partition coefficient (Wildman–Crippen LogP) is 4.04. The highest BCUT2D eigenvalue weighted by molar-refractivity contribution is 6.02. The fourth-order valence-corrected chi connectivity index (χ4v) is 3.18. The van der Waals surface area contributed by atoms with Crippen molar-refractivity contribution in [2.75, 3.05) is 16.8 Å². The normalized spacial score (nSPS) is 12.8. The molecule has 1 amide bonds. The highest BCUT2D eigenvalue weighted by Crippen LogP contribution is 2.32. The van der Waals surface area contributed by atoms with E-state index in [1.54, 1.807) is 6.07 Å². The van der Waals surface area contributed by atoms with Crippen molar-refractivity contribution in [2.24, 2.45) is 0 Å². The molecule has 0 spiro atoms. The van der Waals surface area contributed by atoms with E-state index in [-0.39, 0.29) is 5.91 Å². The number of rotatable bonds is 3. The number of aromatic nitrogens is 2. The third-order valence-electron chi connectivity index (χ3n) is 4.81. The number of benzene rings is 2. The number of anilines is 3. The maximum atomic E-state index is 12.4. The highest BCUT2D eigenvalue weighted by atomic mass is 16.1. The first-order valence-corrected chi connectivity index (χ1v) is 8.69. The molecule has 1 N–H and O–H groups in total. The number of hydrogen-bond acceptors (Lipinski definition) is 4. The van der Waals surface area contributed by atoms with Crippen LogP contribution in [0.5, 0.6) is 0 Å². The molecule has 3 aromatic rings. The molecular formula is C21H20N4O. The van der Waals surface area contributed by atoms with E-state index in [0.717, 1.165) is 35.7 Å². The lowest BCUT2D eigenvalue weighted by molar-refractivity contribution is 0.102. The van der Waals surface area contributed by atoms with Gasteiger partial charge in [-0.25, -0.2) is 0 Å². The molecule has 130 valence electrons. The summed E-state index contributed by atoms with van der Waals surface area (Å²) in [7, 11) is 0. The number of nitrogens with one attached hydrogen (secondary N) is 1. The molecule has 0 radical (unpaired) electrons. The molecule has 0 atom stereocenters. The fraction of sp³-hybridized carbons (Fsp3) is 0.190. The Hall–Kier alpha value is -3.21. The first kappa shape index (κ1) is 16.3. The molecule has 0 saturated heterocycles. The van der Waals surface area contributed by atoms with Gasteiger partial charge in [0.25, 0.3) is 5.91 Å². The Labute approximate surface area is 152 Å². The van der Waals surface area contributed by atoms with E-state index in [0.29, 0.717) is 5.69 Å². The van der Waals surface area contributed by atoms with Crippen molar-refractivity contribution in [3.63, 3.8) is 0 Å². The summed E-state index contributed by atoms with van der Waals surface area (Å²) in [6.45, 7) is 4.94. The minimum atomic E-state index is -0.255. The van der Waals surface area contributed by atoms with Gasteiger partial charge in [-0.1, -0.05) is 24.3 Å². The molecule has 1 aliphatic heterocycles. The van der Waals surface area contributed by atoms with Crippen LogP contribution in [-0.4, -0.2) is 22.6 Å². The second-order valence-electron chi connectivity index (χ2n) is 6.56. The van der Waals surface area contributed by atoms with Crippen molar-refractivity contribution < 1.29 is 4.79 Å². The van der Waals surface area contributed by atoms with E-state index >= 15 is 0 Å². The van der Waals surface area contributed by atoms with Gasteiger partial charge in [0.05, 0.1) is 0 Å². The molecule has 4 rings (SSSR count). The lowest BCUT2D eigenvalue weighted by atomic mass is 10.1. The smallest absolute Gasteiger partial charge is 0.276 e. The summed E-state index contributed by atoms with van der Waals surface area (Å²) >= 11 is 0. The Kier molecular flexibility index (Phi) is 4.13. The average molecular weight is 344 g/mol. The van der Waals surface area contributed by atoms with Crippen LogP contribution in [-0.2, 0) is 6.42 Å². The van der Waals surface area contributed by atoms with E-state index in [1.807, 2.05) is 50.2 Å². The van der Waals surface area contributed by atoms with E-state index in [2.05, 4.69) is 32.5 Å². The number of nitrogens with zero attached hydrogens (tertiary/aromatic N) is 3. The predicted molar refractivity (Wildman–Crippen MR) is 103 cm³/mol. The number of fused-ring (bicyclic) bond motifs is 1. The fourth-order valence-electron chi connectivity index (χ4n) is 3.18. The molecule has 5 heteroatoms. The Morgan fingerprint density at radius 2 is 1.85 bits per heavy atom. The van der Waals surface area contributed by atoms with E-state index in [9.17, 15) is 4.79 Å². The van der Waals surface area contributed by atoms with Gasteiger partial charge < -0.3 is 10.2 Å². The van der Waals surface area contributed by atoms with Gasteiger partial charge in [0.2, 0.25) is 0 Å². The first-order valence-electron chi connectivity index (χ1n) is 8.69. The molecule has 2 aromatic carbocycles. The quantitative estimate of drug-likeness (QED) is 0.779. The third kappa shape index (κ3) is 3.04. The Morgan fingerprint density at radius 3 is 2.62 bits per heavy atom. The summed E-state index contributed by atoms with van der Waals surface area (Å²) in [4.78, 5) is 14.5. The summed E-state index contributed by atoms with van der Waals surface area (Å²) < 4.78 is 0. The van der Waals surface area contributed by atoms with Crippen molar-refractivity contribution in [2.45, 2.75) is 20.3 Å². The summed E-state index contributed by atoms with van der Waals surface area (Å²) in [5.74, 6) is 0.506. The van der Waals surface area contributed by atoms with Gasteiger partial charge in [-0.15, -0.1) is 10.2 Å². The van der Waals surface area contributed by atoms with Gasteiger partial charge in [0, 0.05) is 17.9 Å². The standard InChI is InChI=1S/C21H20N4O/c1-14-7-8-17(13-15(14)2)22-21(26)18-9-10-20(24-23-18)25-12-11-16-5-3-4-6-19(16)25/h3-10,13H,11-12H2,1-2H3,(H,22,26). The van der Waals surface area contributed by atoms with Crippen LogP contribution < -0.4 is 10.2 Å². The number of para-hydroxylation sites is 1. The number of amides is 1. The van der Waals surface area contributed by atoms with Gasteiger partial charge in [-0.05, 0) is 67.3 Å². The largest absolute Gasteiger partial charge is 0.324 e. The zero-order chi connectivity index (χ0) is 18.1. The molecule has 0 saturated carbocycles. The molecule has 2 heterocycles. The van der Waals surface area contributed by atoms with Gasteiger partial charge in [-0.3, -0.25) is 4.79 Å². The third-order valence-corrected chi connectivity index (χ3v) is 4.81. The van der Waals surface area contributed by atoms with Crippen LogP contribution in [0.3, 0.4) is 0 Å². The van der Waals surface area contributed by atoms with Crippen molar-refractivity contribution in [3.8, 4) is 0 Å². The van der Waals surface area contributed by atoms with Crippen LogP contribution in [0.4, 0.5) is 17.2 Å². The van der Waals surface area contributed by atoms with Crippen LogP contribution in [0.1, 0.15) is 27.2 Å². The average Bonchev–Trinajstić information content (AvgIpc) is 3.09.